The lowest BCUT2D eigenvalue weighted by molar-refractivity contribution is -0.120. The molecule has 0 aliphatic rings. The topological polar surface area (TPSA) is 116 Å². The molecule has 2 rings (SSSR count). The lowest BCUT2D eigenvalue weighted by Gasteiger charge is -2.12. The molecule has 0 bridgehead atoms. The number of aromatic nitrogens is 3. The smallest absolute Gasteiger partial charge is 0.233 e. The number of hydrogen-bond acceptors (Lipinski definition) is 6. The van der Waals surface area contributed by atoms with Gasteiger partial charge in [0.25, 0.3) is 0 Å². The van der Waals surface area contributed by atoms with Crippen molar-refractivity contribution in [3.63, 3.8) is 0 Å². The Hall–Kier alpha value is -2.29. The highest BCUT2D eigenvalue weighted by molar-refractivity contribution is 8.00. The average molecular weight is 337 g/mol. The summed E-state index contributed by atoms with van der Waals surface area (Å²) in [5, 5.41) is 11.2. The standard InChI is InChI=1S/C14H19N5O3S/c1-3-16-13(21)9(2)23-14-18-17-12(10-5-4-8-22-10)19(14)7-6-11(15)20/h4-5,8-9H,3,6-7H2,1-2H3,(H2,15,20)(H,16,21). The van der Waals surface area contributed by atoms with E-state index in [1.54, 1.807) is 23.6 Å². The first kappa shape index (κ1) is 17.1. The van der Waals surface area contributed by atoms with Crippen molar-refractivity contribution in [1.29, 1.82) is 0 Å². The van der Waals surface area contributed by atoms with E-state index in [0.717, 1.165) is 0 Å². The number of thioether (sulfide) groups is 1. The summed E-state index contributed by atoms with van der Waals surface area (Å²) in [5.74, 6) is 0.541. The second-order valence-corrected chi connectivity index (χ2v) is 6.11. The molecular formula is C14H19N5O3S. The van der Waals surface area contributed by atoms with Crippen LogP contribution in [0.2, 0.25) is 0 Å². The summed E-state index contributed by atoms with van der Waals surface area (Å²) < 4.78 is 7.08. The predicted molar refractivity (Wildman–Crippen MR) is 85.5 cm³/mol. The van der Waals surface area contributed by atoms with Crippen molar-refractivity contribution in [2.75, 3.05) is 6.54 Å². The Morgan fingerprint density at radius 3 is 2.87 bits per heavy atom. The molecule has 8 nitrogen and oxygen atoms in total. The van der Waals surface area contributed by atoms with Gasteiger partial charge in [-0.2, -0.15) is 0 Å². The Bertz CT molecular complexity index is 668. The number of nitrogens with one attached hydrogen (secondary N) is 1. The van der Waals surface area contributed by atoms with Gasteiger partial charge in [0.15, 0.2) is 16.7 Å². The van der Waals surface area contributed by atoms with Gasteiger partial charge in [0, 0.05) is 19.5 Å². The van der Waals surface area contributed by atoms with Crippen molar-refractivity contribution in [2.24, 2.45) is 5.73 Å². The van der Waals surface area contributed by atoms with E-state index in [1.165, 1.54) is 18.0 Å². The molecule has 2 amide bonds. The van der Waals surface area contributed by atoms with Crippen LogP contribution in [-0.4, -0.2) is 38.4 Å². The first-order valence-electron chi connectivity index (χ1n) is 7.22. The number of hydrogen-bond donors (Lipinski definition) is 2. The zero-order chi connectivity index (χ0) is 16.8. The molecule has 3 N–H and O–H groups in total. The molecule has 0 aromatic carbocycles. The highest BCUT2D eigenvalue weighted by atomic mass is 32.2. The Balaban J connectivity index is 2.24. The van der Waals surface area contributed by atoms with E-state index in [2.05, 4.69) is 15.5 Å². The van der Waals surface area contributed by atoms with Gasteiger partial charge in [-0.05, 0) is 26.0 Å². The van der Waals surface area contributed by atoms with Crippen LogP contribution in [-0.2, 0) is 16.1 Å². The van der Waals surface area contributed by atoms with Gasteiger partial charge in [0.1, 0.15) is 0 Å². The number of primary amides is 1. The lowest BCUT2D eigenvalue weighted by Crippen LogP contribution is -2.30. The fourth-order valence-electron chi connectivity index (χ4n) is 1.92. The number of amides is 2. The van der Waals surface area contributed by atoms with E-state index in [-0.39, 0.29) is 17.6 Å². The summed E-state index contributed by atoms with van der Waals surface area (Å²) in [4.78, 5) is 23.0. The van der Waals surface area contributed by atoms with E-state index in [1.807, 2.05) is 6.92 Å². The van der Waals surface area contributed by atoms with Gasteiger partial charge >= 0.3 is 0 Å². The number of carbonyl (C=O) groups excluding carboxylic acids is 2. The van der Waals surface area contributed by atoms with E-state index in [9.17, 15) is 9.59 Å². The minimum Gasteiger partial charge on any atom is -0.461 e. The van der Waals surface area contributed by atoms with Crippen molar-refractivity contribution in [2.45, 2.75) is 37.2 Å². The summed E-state index contributed by atoms with van der Waals surface area (Å²) in [5.41, 5.74) is 5.23. The summed E-state index contributed by atoms with van der Waals surface area (Å²) in [6.07, 6.45) is 1.68. The number of rotatable bonds is 8. The van der Waals surface area contributed by atoms with Crippen LogP contribution in [0.1, 0.15) is 20.3 Å². The predicted octanol–water partition coefficient (Wildman–Crippen LogP) is 1.03. The Labute approximate surface area is 137 Å². The van der Waals surface area contributed by atoms with E-state index in [4.69, 9.17) is 10.2 Å². The first-order chi connectivity index (χ1) is 11.0. The number of nitrogens with two attached hydrogens (primary N) is 1. The zero-order valence-electron chi connectivity index (χ0n) is 13.0. The van der Waals surface area contributed by atoms with E-state index < -0.39 is 5.91 Å². The maximum atomic E-state index is 11.9. The molecule has 0 saturated carbocycles. The molecule has 0 radical (unpaired) electrons. The summed E-state index contributed by atoms with van der Waals surface area (Å²) in [6, 6.07) is 3.50. The molecular weight excluding hydrogens is 318 g/mol. The minimum atomic E-state index is -0.420. The normalized spacial score (nSPS) is 12.1. The highest BCUT2D eigenvalue weighted by Gasteiger charge is 2.21. The number of carbonyl (C=O) groups is 2. The van der Waals surface area contributed by atoms with Crippen LogP contribution in [0.5, 0.6) is 0 Å². The average Bonchev–Trinajstić information content (AvgIpc) is 3.14. The fraction of sp³-hybridized carbons (Fsp3) is 0.429. The van der Waals surface area contributed by atoms with Crippen molar-refractivity contribution < 1.29 is 14.0 Å². The van der Waals surface area contributed by atoms with E-state index in [0.29, 0.717) is 29.8 Å². The second-order valence-electron chi connectivity index (χ2n) is 4.81. The molecule has 124 valence electrons. The van der Waals surface area contributed by atoms with Gasteiger partial charge in [-0.25, -0.2) is 0 Å². The summed E-state index contributed by atoms with van der Waals surface area (Å²) in [7, 11) is 0. The number of furan rings is 1. The maximum Gasteiger partial charge on any atom is 0.233 e. The molecule has 1 atom stereocenters. The fourth-order valence-corrected chi connectivity index (χ4v) is 2.82. The largest absolute Gasteiger partial charge is 0.461 e. The van der Waals surface area contributed by atoms with Crippen LogP contribution in [0.25, 0.3) is 11.6 Å². The molecule has 2 aromatic rings. The van der Waals surface area contributed by atoms with Crippen LogP contribution >= 0.6 is 11.8 Å². The molecule has 0 saturated heterocycles. The van der Waals surface area contributed by atoms with Gasteiger partial charge in [-0.1, -0.05) is 11.8 Å². The van der Waals surface area contributed by atoms with Gasteiger partial charge in [0.2, 0.25) is 11.8 Å². The Kier molecular flexibility index (Phi) is 5.80. The Morgan fingerprint density at radius 2 is 2.26 bits per heavy atom. The van der Waals surface area contributed by atoms with Crippen LogP contribution in [0.15, 0.2) is 28.0 Å². The first-order valence-corrected chi connectivity index (χ1v) is 8.10. The minimum absolute atomic E-state index is 0.0819. The van der Waals surface area contributed by atoms with E-state index >= 15 is 0 Å². The van der Waals surface area contributed by atoms with Crippen LogP contribution in [0.3, 0.4) is 0 Å². The molecule has 2 aromatic heterocycles. The zero-order valence-corrected chi connectivity index (χ0v) is 13.8. The lowest BCUT2D eigenvalue weighted by atomic mass is 10.3. The molecule has 0 fully saturated rings. The van der Waals surface area contributed by atoms with Gasteiger partial charge in [-0.15, -0.1) is 10.2 Å². The van der Waals surface area contributed by atoms with Crippen molar-refractivity contribution in [3.05, 3.63) is 18.4 Å². The number of nitrogens with zero attached hydrogens (tertiary/aromatic N) is 3. The van der Waals surface area contributed by atoms with Gasteiger partial charge in [-0.3, -0.25) is 14.2 Å². The third-order valence-corrected chi connectivity index (χ3v) is 4.12. The van der Waals surface area contributed by atoms with Crippen molar-refractivity contribution in [1.82, 2.24) is 20.1 Å². The molecule has 0 aliphatic carbocycles. The SMILES string of the molecule is CCNC(=O)C(C)Sc1nnc(-c2ccco2)n1CCC(N)=O. The highest BCUT2D eigenvalue weighted by Crippen LogP contribution is 2.27. The molecule has 2 heterocycles. The summed E-state index contributed by atoms with van der Waals surface area (Å²) in [6.45, 7) is 4.54. The maximum absolute atomic E-state index is 11.9. The third-order valence-electron chi connectivity index (χ3n) is 3.04. The monoisotopic (exact) mass is 337 g/mol. The van der Waals surface area contributed by atoms with Crippen LogP contribution < -0.4 is 11.1 Å². The second kappa shape index (κ2) is 7.82. The molecule has 0 aliphatic heterocycles. The third kappa shape index (κ3) is 4.35. The van der Waals surface area contributed by atoms with Gasteiger partial charge in [0.05, 0.1) is 11.5 Å². The van der Waals surface area contributed by atoms with Crippen LogP contribution in [0, 0.1) is 0 Å². The quantitative estimate of drug-likeness (QED) is 0.695. The molecule has 1 unspecified atom stereocenters. The molecule has 23 heavy (non-hydrogen) atoms. The molecule has 0 spiro atoms. The van der Waals surface area contributed by atoms with Gasteiger partial charge < -0.3 is 15.5 Å². The molecule has 9 heteroatoms. The summed E-state index contributed by atoms with van der Waals surface area (Å²) >= 11 is 1.27. The Morgan fingerprint density at radius 1 is 1.48 bits per heavy atom. The van der Waals surface area contributed by atoms with Crippen molar-refractivity contribution >= 4 is 23.6 Å². The van der Waals surface area contributed by atoms with Crippen LogP contribution in [0.4, 0.5) is 0 Å². The van der Waals surface area contributed by atoms with Crippen molar-refractivity contribution in [3.8, 4) is 11.6 Å².